The maximum Gasteiger partial charge on any atom is 1.00 e. The summed E-state index contributed by atoms with van der Waals surface area (Å²) >= 11 is 0.479. The number of primary amides is 2. The molecule has 26 nitrogen and oxygen atoms in total. The fraction of sp³-hybridized carbons (Fsp3) is 0.100. The van der Waals surface area contributed by atoms with Crippen molar-refractivity contribution in [2.75, 3.05) is 58.3 Å². The number of nitrogens with two attached hydrogens (primary N) is 2. The minimum absolute atomic E-state index is 0. The summed E-state index contributed by atoms with van der Waals surface area (Å²) in [6, 6.07) is 20.3. The number of hydrogen-bond acceptors (Lipinski definition) is 24. The zero-order chi connectivity index (χ0) is 49.1. The third-order valence-corrected chi connectivity index (χ3v) is 10.5. The monoisotopic (exact) mass is 1040 g/mol. The van der Waals surface area contributed by atoms with Gasteiger partial charge in [0.2, 0.25) is 47.5 Å². The number of rotatable bonds is 22. The molecule has 31 heteroatoms. The minimum Gasteiger partial charge on any atom is -0.744 e. The third kappa shape index (κ3) is 17.6. The van der Waals surface area contributed by atoms with Crippen LogP contribution < -0.4 is 142 Å². The summed E-state index contributed by atoms with van der Waals surface area (Å²) < 4.78 is 42.5. The molecular formula is C40H35N14Na3O12S2. The average Bonchev–Trinajstić information content (AvgIpc) is 3.27. The Morgan fingerprint density at radius 2 is 1.04 bits per heavy atom. The van der Waals surface area contributed by atoms with Gasteiger partial charge in [-0.15, -0.1) is 0 Å². The number of carboxylic acids is 2. The molecule has 0 radical (unpaired) electrons. The largest absolute Gasteiger partial charge is 1.00 e. The Morgan fingerprint density at radius 3 is 1.45 bits per heavy atom. The zero-order valence-corrected chi connectivity index (χ0v) is 45.8. The van der Waals surface area contributed by atoms with E-state index in [1.807, 2.05) is 0 Å². The molecule has 2 amide bonds. The number of anilines is 10. The van der Waals surface area contributed by atoms with E-state index in [1.54, 1.807) is 18.2 Å². The Hall–Kier alpha value is -5.54. The van der Waals surface area contributed by atoms with Gasteiger partial charge in [0.05, 0.1) is 29.5 Å². The molecule has 0 fully saturated rings. The number of nitrogens with zero attached hydrogens (tertiary/aromatic N) is 8. The number of likely N-dealkylation sites (N-methyl/N-ethyl adjacent to an activating group) is 2. The molecule has 6 rings (SSSR count). The molecule has 0 spiro atoms. The van der Waals surface area contributed by atoms with Gasteiger partial charge >= 0.3 is 94.6 Å². The van der Waals surface area contributed by atoms with Crippen molar-refractivity contribution in [3.63, 3.8) is 0 Å². The van der Waals surface area contributed by atoms with Gasteiger partial charge < -0.3 is 67.4 Å². The second kappa shape index (κ2) is 27.3. The smallest absolute Gasteiger partial charge is 0.744 e. The van der Waals surface area contributed by atoms with Gasteiger partial charge in [-0.2, -0.15) is 34.2 Å². The molecule has 0 aliphatic rings. The van der Waals surface area contributed by atoms with Crippen molar-refractivity contribution in [1.29, 1.82) is 0 Å². The van der Waals surface area contributed by atoms with E-state index in [1.165, 1.54) is 96.7 Å². The zero-order valence-electron chi connectivity index (χ0n) is 38.1. The van der Waals surface area contributed by atoms with Crippen molar-refractivity contribution in [3.05, 3.63) is 107 Å². The van der Waals surface area contributed by atoms with Gasteiger partial charge in [0.1, 0.15) is 16.7 Å². The Bertz CT molecular complexity index is 3020. The Kier molecular flexibility index (Phi) is 23.0. The summed E-state index contributed by atoms with van der Waals surface area (Å²) in [4.78, 5) is 73.6. The van der Waals surface area contributed by atoms with Crippen LogP contribution in [-0.2, 0) is 29.1 Å². The number of benzene rings is 4. The van der Waals surface area contributed by atoms with Crippen LogP contribution in [0.5, 0.6) is 0 Å². The molecule has 6 aromatic rings. The van der Waals surface area contributed by atoms with Crippen molar-refractivity contribution in [3.8, 4) is 0 Å². The molecule has 9 N–H and O–H groups in total. The second-order valence-electron chi connectivity index (χ2n) is 13.9. The van der Waals surface area contributed by atoms with Gasteiger partial charge in [-0.05, 0) is 83.9 Å². The number of carboxylic acid groups (broad SMARTS) is 2. The number of nitrogens with one attached hydrogen (secondary N) is 4. The maximum absolute atomic E-state index is 12.6. The topological polar surface area (TPSA) is 394 Å². The van der Waals surface area contributed by atoms with E-state index in [2.05, 4.69) is 60.5 Å². The van der Waals surface area contributed by atoms with Crippen LogP contribution in [0, 0.1) is 0 Å². The van der Waals surface area contributed by atoms with E-state index in [0.717, 1.165) is 6.07 Å². The van der Waals surface area contributed by atoms with Gasteiger partial charge in [-0.1, -0.05) is 24.3 Å². The number of carbonyl (C=O) groups is 4. The van der Waals surface area contributed by atoms with E-state index in [0.29, 0.717) is 34.7 Å². The summed E-state index contributed by atoms with van der Waals surface area (Å²) in [5.41, 5.74) is 12.6. The van der Waals surface area contributed by atoms with E-state index in [-0.39, 0.29) is 152 Å². The van der Waals surface area contributed by atoms with Gasteiger partial charge in [-0.25, -0.2) is 8.42 Å². The molecule has 0 bridgehead atoms. The molecule has 0 aliphatic heterocycles. The fourth-order valence-corrected chi connectivity index (χ4v) is 7.01. The van der Waals surface area contributed by atoms with Gasteiger partial charge in [0.15, 0.2) is 0 Å². The number of aliphatic carboxylic acids is 2. The normalized spacial score (nSPS) is 10.7. The van der Waals surface area contributed by atoms with E-state index in [9.17, 15) is 47.6 Å². The first kappa shape index (κ1) is 59.8. The minimum atomic E-state index is -5.15. The molecule has 352 valence electrons. The van der Waals surface area contributed by atoms with Gasteiger partial charge in [-0.3, -0.25) is 19.4 Å². The van der Waals surface area contributed by atoms with Crippen molar-refractivity contribution in [2.45, 2.75) is 9.79 Å². The number of carbonyl (C=O) groups excluding carboxylic acids is 3. The van der Waals surface area contributed by atoms with Crippen LogP contribution in [0.15, 0.2) is 94.7 Å². The SMILES string of the molecule is CN(CC(=O)[O-])c1nc(Nc2ccc(C(N)=O)cc2)nc(Nc2ccc(/C=C/c3ccc(Nc4nc(Nc5ccc(C(N)=O)cc5)nc(N(C)CC(=O)O)n4)cc3S(=O)(=O)[O-])c(SOO[O-])c2)n1.[Na+].[Na+].[Na+]. The van der Waals surface area contributed by atoms with Crippen molar-refractivity contribution < 1.29 is 146 Å². The average molecular weight is 1040 g/mol. The van der Waals surface area contributed by atoms with Crippen LogP contribution in [0.4, 0.5) is 58.4 Å². The molecule has 71 heavy (non-hydrogen) atoms. The Labute approximate surface area is 474 Å². The molecule has 0 atom stereocenters. The molecule has 0 saturated heterocycles. The van der Waals surface area contributed by atoms with Crippen LogP contribution in [-0.4, -0.2) is 98.9 Å². The first-order valence-electron chi connectivity index (χ1n) is 19.1. The van der Waals surface area contributed by atoms with E-state index >= 15 is 0 Å². The summed E-state index contributed by atoms with van der Waals surface area (Å²) in [6.45, 7) is -1.08. The molecule has 2 heterocycles. The summed E-state index contributed by atoms with van der Waals surface area (Å²) in [5.74, 6) is -4.46. The van der Waals surface area contributed by atoms with Gasteiger partial charge in [0.25, 0.3) is 0 Å². The molecule has 0 saturated carbocycles. The van der Waals surface area contributed by atoms with Crippen molar-refractivity contribution in [1.82, 2.24) is 29.9 Å². The summed E-state index contributed by atoms with van der Waals surface area (Å²) in [5, 5.41) is 46.8. The van der Waals surface area contributed by atoms with E-state index in [4.69, 9.17) is 11.5 Å². The van der Waals surface area contributed by atoms with Crippen LogP contribution in [0.1, 0.15) is 31.8 Å². The van der Waals surface area contributed by atoms with Gasteiger partial charge in [0, 0.05) is 52.9 Å². The number of aromatic nitrogens is 6. The number of hydrogen-bond donors (Lipinski definition) is 7. The van der Waals surface area contributed by atoms with Crippen LogP contribution >= 0.6 is 12.0 Å². The quantitative estimate of drug-likeness (QED) is 0.00829. The Morgan fingerprint density at radius 1 is 0.648 bits per heavy atom. The standard InChI is InChI=1S/C40H38N14O12S2.3Na/c1-53(19-31(55)56)39-49-35(43-25-11-7-23(8-12-25)33(41)59)47-37(51-39)45-27-15-5-21(29(17-27)67-66-65-61)3-4-22-6-16-28(18-30(22)68(62,63)64)46-38-48-36(50-40(52-38)54(2)20-32(57)58)44-26-13-9-24(10-14-26)34(42)60;;;/h3-18,61H,19-20H2,1-2H3,(H2,41,59)(H2,42,60)(H,55,56)(H,57,58)(H,62,63,64)(H2,43,45,47,49,51)(H2,44,46,48,50,52);;;/q;3*+1/p-3/b4-3+;;;. The summed E-state index contributed by atoms with van der Waals surface area (Å²) in [6.07, 6.45) is 2.73. The van der Waals surface area contributed by atoms with Crippen LogP contribution in [0.25, 0.3) is 12.2 Å². The fourth-order valence-electron chi connectivity index (χ4n) is 5.80. The Balaban J connectivity index is 0.00000444. The summed E-state index contributed by atoms with van der Waals surface area (Å²) in [7, 11) is -2.33. The van der Waals surface area contributed by atoms with Crippen LogP contribution in [0.3, 0.4) is 0 Å². The van der Waals surface area contributed by atoms with Crippen molar-refractivity contribution >= 4 is 117 Å². The molecule has 0 aliphatic carbocycles. The molecule has 4 aromatic carbocycles. The molecular weight excluding hydrogens is 1000 g/mol. The van der Waals surface area contributed by atoms with E-state index < -0.39 is 51.9 Å². The number of amides is 2. The second-order valence-corrected chi connectivity index (χ2v) is 16.0. The predicted octanol–water partition coefficient (Wildman–Crippen LogP) is -7.75. The molecule has 2 aromatic heterocycles. The first-order chi connectivity index (χ1) is 32.3. The van der Waals surface area contributed by atoms with Crippen molar-refractivity contribution in [2.24, 2.45) is 11.5 Å². The third-order valence-electron chi connectivity index (χ3n) is 8.92. The van der Waals surface area contributed by atoms with Crippen LogP contribution in [0.2, 0.25) is 0 Å². The maximum atomic E-state index is 12.6. The predicted molar refractivity (Wildman–Crippen MR) is 240 cm³/mol. The first-order valence-corrected chi connectivity index (χ1v) is 21.3. The molecule has 0 unspecified atom stereocenters.